The summed E-state index contributed by atoms with van der Waals surface area (Å²) in [5, 5.41) is 7.81. The minimum atomic E-state index is -0.685. The molecule has 1 amide bonds. The van der Waals surface area contributed by atoms with E-state index in [4.69, 9.17) is 0 Å². The van der Waals surface area contributed by atoms with Crippen LogP contribution in [0.5, 0.6) is 0 Å². The van der Waals surface area contributed by atoms with Crippen LogP contribution in [0.2, 0.25) is 0 Å². The first-order valence-corrected chi connectivity index (χ1v) is 11.5. The average Bonchev–Trinajstić information content (AvgIpc) is 2.76. The number of amides is 1. The van der Waals surface area contributed by atoms with Crippen LogP contribution in [0.15, 0.2) is 30.5 Å². The molecule has 1 aliphatic carbocycles. The summed E-state index contributed by atoms with van der Waals surface area (Å²) in [6.07, 6.45) is 3.94. The summed E-state index contributed by atoms with van der Waals surface area (Å²) < 4.78 is 0. The van der Waals surface area contributed by atoms with Gasteiger partial charge in [0.15, 0.2) is 0 Å². The molecule has 33 heavy (non-hydrogen) atoms. The van der Waals surface area contributed by atoms with E-state index in [0.717, 1.165) is 22.3 Å². The van der Waals surface area contributed by atoms with Crippen LogP contribution in [0.25, 0.3) is 0 Å². The van der Waals surface area contributed by atoms with E-state index in [1.807, 2.05) is 30.9 Å². The molecule has 1 aliphatic heterocycles. The van der Waals surface area contributed by atoms with Gasteiger partial charge in [-0.2, -0.15) is 10.2 Å². The lowest BCUT2D eigenvalue weighted by molar-refractivity contribution is -0.140. The number of benzene rings is 1. The third-order valence-electron chi connectivity index (χ3n) is 7.03. The van der Waals surface area contributed by atoms with Crippen LogP contribution in [0.3, 0.4) is 0 Å². The van der Waals surface area contributed by atoms with Crippen LogP contribution in [-0.2, 0) is 20.8 Å². The van der Waals surface area contributed by atoms with Gasteiger partial charge in [-0.05, 0) is 80.0 Å². The summed E-state index contributed by atoms with van der Waals surface area (Å²) in [6, 6.07) is 7.49. The second kappa shape index (κ2) is 9.27. The number of carbonyl (C=O) groups is 3. The van der Waals surface area contributed by atoms with Crippen molar-refractivity contribution >= 4 is 17.5 Å². The van der Waals surface area contributed by atoms with Gasteiger partial charge >= 0.3 is 0 Å². The lowest BCUT2D eigenvalue weighted by atomic mass is 9.62. The van der Waals surface area contributed by atoms with Crippen LogP contribution in [0.1, 0.15) is 66.5 Å². The molecule has 2 fully saturated rings. The fraction of sp³-hybridized carbons (Fsp3) is 0.444. The van der Waals surface area contributed by atoms with Crippen molar-refractivity contribution in [2.75, 3.05) is 13.1 Å². The van der Waals surface area contributed by atoms with E-state index in [2.05, 4.69) is 22.0 Å². The maximum absolute atomic E-state index is 13.3. The van der Waals surface area contributed by atoms with Gasteiger partial charge in [-0.1, -0.05) is 5.92 Å². The second-order valence-corrected chi connectivity index (χ2v) is 9.39. The van der Waals surface area contributed by atoms with E-state index in [-0.39, 0.29) is 29.3 Å². The normalized spacial score (nSPS) is 18.2. The number of Topliss-reactive ketones (excluding diaryl/α,β-unsaturated/α-hetero) is 2. The summed E-state index contributed by atoms with van der Waals surface area (Å²) in [6.45, 7) is 6.82. The molecule has 170 valence electrons. The average molecular weight is 444 g/mol. The number of rotatable bonds is 3. The Morgan fingerprint density at radius 1 is 1.12 bits per heavy atom. The number of carbonyl (C=O) groups excluding carboxylic acids is 3. The molecule has 0 radical (unpaired) electrons. The first-order valence-electron chi connectivity index (χ1n) is 11.5. The van der Waals surface area contributed by atoms with Crippen LogP contribution < -0.4 is 0 Å². The highest BCUT2D eigenvalue weighted by molar-refractivity contribution is 6.10. The minimum Gasteiger partial charge on any atom is -0.342 e. The molecular weight excluding hydrogens is 414 g/mol. The monoisotopic (exact) mass is 443 g/mol. The van der Waals surface area contributed by atoms with E-state index in [1.165, 1.54) is 0 Å². The van der Waals surface area contributed by atoms with Crippen molar-refractivity contribution in [3.8, 4) is 11.8 Å². The fourth-order valence-corrected chi connectivity index (χ4v) is 5.43. The first kappa shape index (κ1) is 22.8. The van der Waals surface area contributed by atoms with E-state index >= 15 is 0 Å². The van der Waals surface area contributed by atoms with E-state index in [9.17, 15) is 14.4 Å². The third kappa shape index (κ3) is 4.73. The van der Waals surface area contributed by atoms with Gasteiger partial charge in [-0.3, -0.25) is 14.4 Å². The van der Waals surface area contributed by atoms with Crippen LogP contribution in [0.4, 0.5) is 0 Å². The van der Waals surface area contributed by atoms with Gasteiger partial charge in [-0.25, -0.2) is 0 Å². The number of piperidine rings is 1. The molecule has 1 spiro atoms. The van der Waals surface area contributed by atoms with Crippen molar-refractivity contribution in [3.63, 3.8) is 0 Å². The Hall–Kier alpha value is -3.33. The zero-order valence-corrected chi connectivity index (χ0v) is 19.5. The molecule has 6 heteroatoms. The Bertz CT molecular complexity index is 1110. The number of aryl methyl sites for hydroxylation is 2. The van der Waals surface area contributed by atoms with Crippen molar-refractivity contribution in [3.05, 3.63) is 58.4 Å². The molecule has 6 nitrogen and oxygen atoms in total. The Labute approximate surface area is 194 Å². The molecule has 2 aromatic rings. The first-order chi connectivity index (χ1) is 15.8. The minimum absolute atomic E-state index is 0.00566. The van der Waals surface area contributed by atoms with Gasteiger partial charge in [0.1, 0.15) is 17.5 Å². The maximum Gasteiger partial charge on any atom is 0.228 e. The zero-order chi connectivity index (χ0) is 23.6. The Morgan fingerprint density at radius 2 is 1.76 bits per heavy atom. The second-order valence-electron chi connectivity index (χ2n) is 9.39. The maximum atomic E-state index is 13.3. The van der Waals surface area contributed by atoms with Crippen molar-refractivity contribution in [1.82, 2.24) is 15.1 Å². The number of aromatic nitrogens is 2. The molecule has 0 N–H and O–H groups in total. The smallest absolute Gasteiger partial charge is 0.228 e. The predicted octanol–water partition coefficient (Wildman–Crippen LogP) is 3.33. The van der Waals surface area contributed by atoms with Crippen LogP contribution >= 0.6 is 0 Å². The van der Waals surface area contributed by atoms with Crippen LogP contribution in [-0.4, -0.2) is 45.7 Å². The molecular formula is C27H29N3O3. The number of ketones is 2. The summed E-state index contributed by atoms with van der Waals surface area (Å²) >= 11 is 0. The zero-order valence-electron chi connectivity index (χ0n) is 19.5. The number of nitrogens with zero attached hydrogens (tertiary/aromatic N) is 3. The quantitative estimate of drug-likeness (QED) is 0.537. The third-order valence-corrected chi connectivity index (χ3v) is 7.03. The highest BCUT2D eigenvalue weighted by Crippen LogP contribution is 2.46. The van der Waals surface area contributed by atoms with Crippen molar-refractivity contribution in [2.24, 2.45) is 5.41 Å². The highest BCUT2D eigenvalue weighted by Gasteiger charge is 2.47. The molecule has 2 heterocycles. The predicted molar refractivity (Wildman–Crippen MR) is 124 cm³/mol. The van der Waals surface area contributed by atoms with E-state index in [0.29, 0.717) is 44.5 Å². The summed E-state index contributed by atoms with van der Waals surface area (Å²) in [7, 11) is 0. The van der Waals surface area contributed by atoms with E-state index in [1.54, 1.807) is 25.3 Å². The fourth-order valence-electron chi connectivity index (χ4n) is 5.43. The molecule has 0 bridgehead atoms. The Morgan fingerprint density at radius 3 is 2.30 bits per heavy atom. The molecule has 1 aromatic carbocycles. The standard InChI is InChI=1S/C27H29N3O3/c1-4-6-20-13-18(2)25(19(3)14-20)26-22(31)16-27(17-23(26)32)8-11-30(12-9-27)24(33)15-21-7-5-10-28-29-21/h5,7,10,13-14,26H,8-9,11-12,15-17H2,1-3H3. The Kier molecular flexibility index (Phi) is 6.42. The molecule has 4 rings (SSSR count). The molecule has 1 saturated heterocycles. The molecule has 0 unspecified atom stereocenters. The van der Waals surface area contributed by atoms with Gasteiger partial charge in [0.05, 0.1) is 12.1 Å². The van der Waals surface area contributed by atoms with Gasteiger partial charge in [0.2, 0.25) is 5.91 Å². The highest BCUT2D eigenvalue weighted by atomic mass is 16.2. The molecule has 0 atom stereocenters. The lowest BCUT2D eigenvalue weighted by Crippen LogP contribution is -2.48. The summed E-state index contributed by atoms with van der Waals surface area (Å²) in [5.41, 5.74) is 3.96. The number of hydrogen-bond acceptors (Lipinski definition) is 5. The summed E-state index contributed by atoms with van der Waals surface area (Å²) in [4.78, 5) is 41.1. The van der Waals surface area contributed by atoms with Crippen molar-refractivity contribution < 1.29 is 14.4 Å². The molecule has 2 aliphatic rings. The lowest BCUT2D eigenvalue weighted by Gasteiger charge is -2.44. The van der Waals surface area contributed by atoms with Gasteiger partial charge < -0.3 is 4.90 Å². The van der Waals surface area contributed by atoms with Gasteiger partial charge in [0, 0.05) is 37.7 Å². The van der Waals surface area contributed by atoms with Gasteiger partial charge in [0.25, 0.3) is 0 Å². The van der Waals surface area contributed by atoms with Gasteiger partial charge in [-0.15, -0.1) is 5.92 Å². The topological polar surface area (TPSA) is 80.2 Å². The summed E-state index contributed by atoms with van der Waals surface area (Å²) in [5.74, 6) is 5.30. The van der Waals surface area contributed by atoms with Crippen LogP contribution in [0, 0.1) is 31.1 Å². The number of likely N-dealkylation sites (tertiary alicyclic amines) is 1. The van der Waals surface area contributed by atoms with E-state index < -0.39 is 5.92 Å². The molecule has 1 aromatic heterocycles. The van der Waals surface area contributed by atoms with Crippen molar-refractivity contribution in [2.45, 2.75) is 58.8 Å². The largest absolute Gasteiger partial charge is 0.342 e. The van der Waals surface area contributed by atoms with Crippen molar-refractivity contribution in [1.29, 1.82) is 0 Å². The number of hydrogen-bond donors (Lipinski definition) is 0. The Balaban J connectivity index is 1.45. The molecule has 1 saturated carbocycles. The SMILES string of the molecule is CC#Cc1cc(C)c(C2C(=O)CC3(CCN(C(=O)Cc4cccnn4)CC3)CC2=O)c(C)c1.